The molecule has 0 unspecified atom stereocenters. The highest BCUT2D eigenvalue weighted by Crippen LogP contribution is 2.16. The molecule has 0 spiro atoms. The molecular formula is C17H16O2. The van der Waals surface area contributed by atoms with Gasteiger partial charge in [-0.05, 0) is 6.92 Å². The third-order valence-electron chi connectivity index (χ3n) is 2.68. The molecule has 0 fully saturated rings. The molecule has 2 nitrogen and oxygen atoms in total. The van der Waals surface area contributed by atoms with Gasteiger partial charge >= 0.3 is 0 Å². The number of ketones is 1. The molecule has 0 atom stereocenters. The van der Waals surface area contributed by atoms with Crippen LogP contribution in [0.15, 0.2) is 66.7 Å². The van der Waals surface area contributed by atoms with Crippen LogP contribution in [-0.4, -0.2) is 12.4 Å². The fourth-order valence-corrected chi connectivity index (χ4v) is 1.77. The van der Waals surface area contributed by atoms with Gasteiger partial charge in [-0.1, -0.05) is 60.7 Å². The van der Waals surface area contributed by atoms with E-state index in [4.69, 9.17) is 4.74 Å². The Kier molecular flexibility index (Phi) is 4.51. The third-order valence-corrected chi connectivity index (χ3v) is 2.68. The number of carbonyl (C=O) groups excluding carboxylic acids is 1. The average molecular weight is 252 g/mol. The minimum absolute atomic E-state index is 0.0482. The van der Waals surface area contributed by atoms with E-state index in [1.54, 1.807) is 18.2 Å². The standard InChI is InChI=1S/C17H16O2/c1-2-19-17(15-11-7-4-8-12-15)13-16(18)14-9-5-3-6-10-14/h3-13H,2H2,1H3/b17-13+. The molecule has 2 aromatic carbocycles. The van der Waals surface area contributed by atoms with Crippen molar-refractivity contribution < 1.29 is 9.53 Å². The minimum Gasteiger partial charge on any atom is -0.493 e. The normalized spacial score (nSPS) is 11.1. The van der Waals surface area contributed by atoms with Crippen molar-refractivity contribution in [3.05, 3.63) is 77.9 Å². The monoisotopic (exact) mass is 252 g/mol. The first-order chi connectivity index (χ1) is 9.31. The molecule has 0 N–H and O–H groups in total. The molecule has 0 aliphatic heterocycles. The summed E-state index contributed by atoms with van der Waals surface area (Å²) >= 11 is 0. The van der Waals surface area contributed by atoms with Gasteiger partial charge in [0.2, 0.25) is 0 Å². The number of hydrogen-bond acceptors (Lipinski definition) is 2. The zero-order valence-electron chi connectivity index (χ0n) is 10.9. The molecule has 2 aromatic rings. The summed E-state index contributed by atoms with van der Waals surface area (Å²) in [5, 5.41) is 0. The Morgan fingerprint density at radius 2 is 1.47 bits per heavy atom. The van der Waals surface area contributed by atoms with Crippen molar-refractivity contribution in [3.8, 4) is 0 Å². The number of allylic oxidation sites excluding steroid dienone is 1. The maximum atomic E-state index is 12.1. The lowest BCUT2D eigenvalue weighted by molar-refractivity contribution is 0.104. The number of hydrogen-bond donors (Lipinski definition) is 0. The Hall–Kier alpha value is -2.35. The molecule has 0 radical (unpaired) electrons. The second-order valence-corrected chi connectivity index (χ2v) is 4.04. The van der Waals surface area contributed by atoms with Crippen LogP contribution in [0.1, 0.15) is 22.8 Å². The van der Waals surface area contributed by atoms with E-state index >= 15 is 0 Å². The zero-order chi connectivity index (χ0) is 13.5. The van der Waals surface area contributed by atoms with Crippen molar-refractivity contribution >= 4 is 11.5 Å². The molecule has 0 amide bonds. The first kappa shape index (κ1) is 13.1. The minimum atomic E-state index is -0.0482. The second kappa shape index (κ2) is 6.55. The largest absolute Gasteiger partial charge is 0.493 e. The third kappa shape index (κ3) is 3.55. The molecule has 0 heterocycles. The van der Waals surface area contributed by atoms with E-state index in [2.05, 4.69) is 0 Å². The van der Waals surface area contributed by atoms with Gasteiger partial charge in [-0.25, -0.2) is 0 Å². The summed E-state index contributed by atoms with van der Waals surface area (Å²) < 4.78 is 5.56. The van der Waals surface area contributed by atoms with Crippen LogP contribution in [0.5, 0.6) is 0 Å². The van der Waals surface area contributed by atoms with E-state index in [1.165, 1.54) is 0 Å². The SMILES string of the molecule is CCO/C(=C/C(=O)c1ccccc1)c1ccccc1. The first-order valence-corrected chi connectivity index (χ1v) is 6.30. The van der Waals surface area contributed by atoms with Crippen molar-refractivity contribution in [1.82, 2.24) is 0 Å². The van der Waals surface area contributed by atoms with E-state index in [9.17, 15) is 4.79 Å². The predicted molar refractivity (Wildman–Crippen MR) is 76.8 cm³/mol. The molecule has 0 aromatic heterocycles. The van der Waals surface area contributed by atoms with Gasteiger partial charge in [-0.3, -0.25) is 4.79 Å². The molecule has 96 valence electrons. The Morgan fingerprint density at radius 3 is 2.00 bits per heavy atom. The van der Waals surface area contributed by atoms with E-state index in [-0.39, 0.29) is 5.78 Å². The lowest BCUT2D eigenvalue weighted by atomic mass is 10.1. The van der Waals surface area contributed by atoms with Crippen molar-refractivity contribution in [1.29, 1.82) is 0 Å². The number of rotatable bonds is 5. The number of ether oxygens (including phenoxy) is 1. The molecule has 19 heavy (non-hydrogen) atoms. The Balaban J connectivity index is 2.29. The number of carbonyl (C=O) groups is 1. The van der Waals surface area contributed by atoms with Crippen molar-refractivity contribution in [2.75, 3.05) is 6.61 Å². The summed E-state index contributed by atoms with van der Waals surface area (Å²) in [6.45, 7) is 2.44. The summed E-state index contributed by atoms with van der Waals surface area (Å²) in [6.07, 6.45) is 1.55. The van der Waals surface area contributed by atoms with E-state index in [1.807, 2.05) is 55.5 Å². The average Bonchev–Trinajstić information content (AvgIpc) is 2.48. The van der Waals surface area contributed by atoms with Gasteiger partial charge in [0.1, 0.15) is 5.76 Å². The summed E-state index contributed by atoms with van der Waals surface area (Å²) in [4.78, 5) is 12.1. The predicted octanol–water partition coefficient (Wildman–Crippen LogP) is 3.95. The van der Waals surface area contributed by atoms with Crippen LogP contribution in [0, 0.1) is 0 Å². The molecule has 0 saturated heterocycles. The van der Waals surface area contributed by atoms with Crippen LogP contribution >= 0.6 is 0 Å². The summed E-state index contributed by atoms with van der Waals surface area (Å²) in [6, 6.07) is 18.8. The van der Waals surface area contributed by atoms with Crippen LogP contribution in [0.25, 0.3) is 5.76 Å². The molecule has 2 heteroatoms. The quantitative estimate of drug-likeness (QED) is 0.457. The van der Waals surface area contributed by atoms with Crippen molar-refractivity contribution in [2.24, 2.45) is 0 Å². The fraction of sp³-hybridized carbons (Fsp3) is 0.118. The zero-order valence-corrected chi connectivity index (χ0v) is 10.9. The van der Waals surface area contributed by atoms with Crippen molar-refractivity contribution in [3.63, 3.8) is 0 Å². The Morgan fingerprint density at radius 1 is 0.947 bits per heavy atom. The lowest BCUT2D eigenvalue weighted by Crippen LogP contribution is -1.99. The fourth-order valence-electron chi connectivity index (χ4n) is 1.77. The van der Waals surface area contributed by atoms with Gasteiger partial charge in [0.05, 0.1) is 6.61 Å². The number of benzene rings is 2. The maximum absolute atomic E-state index is 12.1. The van der Waals surface area contributed by atoms with Gasteiger partial charge < -0.3 is 4.74 Å². The van der Waals surface area contributed by atoms with Crippen LogP contribution < -0.4 is 0 Å². The topological polar surface area (TPSA) is 26.3 Å². The van der Waals surface area contributed by atoms with Crippen LogP contribution in [0.2, 0.25) is 0 Å². The molecular weight excluding hydrogens is 236 g/mol. The van der Waals surface area contributed by atoms with Crippen LogP contribution in [-0.2, 0) is 4.74 Å². The summed E-state index contributed by atoms with van der Waals surface area (Å²) in [5.74, 6) is 0.560. The van der Waals surface area contributed by atoms with Gasteiger partial charge in [0, 0.05) is 17.2 Å². The summed E-state index contributed by atoms with van der Waals surface area (Å²) in [5.41, 5.74) is 1.57. The second-order valence-electron chi connectivity index (χ2n) is 4.04. The first-order valence-electron chi connectivity index (χ1n) is 6.30. The molecule has 0 bridgehead atoms. The highest BCUT2D eigenvalue weighted by atomic mass is 16.5. The van der Waals surface area contributed by atoms with Gasteiger partial charge in [0.15, 0.2) is 5.78 Å². The van der Waals surface area contributed by atoms with E-state index in [0.717, 1.165) is 5.56 Å². The summed E-state index contributed by atoms with van der Waals surface area (Å²) in [7, 11) is 0. The molecule has 0 saturated carbocycles. The van der Waals surface area contributed by atoms with Crippen LogP contribution in [0.3, 0.4) is 0 Å². The smallest absolute Gasteiger partial charge is 0.189 e. The maximum Gasteiger partial charge on any atom is 0.189 e. The van der Waals surface area contributed by atoms with E-state index in [0.29, 0.717) is 17.9 Å². The lowest BCUT2D eigenvalue weighted by Gasteiger charge is -2.08. The molecule has 0 aliphatic rings. The molecule has 2 rings (SSSR count). The van der Waals surface area contributed by atoms with Gasteiger partial charge in [0.25, 0.3) is 0 Å². The Labute approximate surface area is 113 Å². The van der Waals surface area contributed by atoms with Crippen molar-refractivity contribution in [2.45, 2.75) is 6.92 Å². The van der Waals surface area contributed by atoms with Gasteiger partial charge in [-0.2, -0.15) is 0 Å². The Bertz CT molecular complexity index is 556. The highest BCUT2D eigenvalue weighted by molar-refractivity contribution is 6.07. The van der Waals surface area contributed by atoms with E-state index < -0.39 is 0 Å². The van der Waals surface area contributed by atoms with Gasteiger partial charge in [-0.15, -0.1) is 0 Å². The molecule has 0 aliphatic carbocycles. The van der Waals surface area contributed by atoms with Crippen LogP contribution in [0.4, 0.5) is 0 Å². The highest BCUT2D eigenvalue weighted by Gasteiger charge is 2.07.